The highest BCUT2D eigenvalue weighted by Gasteiger charge is 2.11. The van der Waals surface area contributed by atoms with Crippen LogP contribution in [0.2, 0.25) is 0 Å². The van der Waals surface area contributed by atoms with Gasteiger partial charge in [0.15, 0.2) is 5.76 Å². The maximum atomic E-state index is 5.36. The molecule has 0 aromatic carbocycles. The van der Waals surface area contributed by atoms with Crippen molar-refractivity contribution < 1.29 is 4.42 Å². The summed E-state index contributed by atoms with van der Waals surface area (Å²) in [5, 5.41) is 7.12. The molecule has 0 fully saturated rings. The Morgan fingerprint density at radius 1 is 1.50 bits per heavy atom. The number of nitrogens with zero attached hydrogens (tertiary/aromatic N) is 2. The molecule has 2 aromatic heterocycles. The van der Waals surface area contributed by atoms with Gasteiger partial charge in [-0.15, -0.1) is 0 Å². The van der Waals surface area contributed by atoms with Gasteiger partial charge in [0, 0.05) is 18.3 Å². The predicted octanol–water partition coefficient (Wildman–Crippen LogP) is 2.51. The number of hydrogen-bond acceptors (Lipinski definition) is 3. The van der Waals surface area contributed by atoms with Crippen molar-refractivity contribution in [3.8, 4) is 11.5 Å². The molecule has 0 radical (unpaired) electrons. The molecular formula is C12H17N3O. The van der Waals surface area contributed by atoms with E-state index in [0.717, 1.165) is 31.0 Å². The number of aromatic amines is 1. The van der Waals surface area contributed by atoms with Crippen LogP contribution >= 0.6 is 0 Å². The highest BCUT2D eigenvalue weighted by atomic mass is 16.3. The van der Waals surface area contributed by atoms with E-state index in [1.807, 2.05) is 18.3 Å². The molecule has 16 heavy (non-hydrogen) atoms. The minimum Gasteiger partial charge on any atom is -0.463 e. The van der Waals surface area contributed by atoms with E-state index in [9.17, 15) is 0 Å². The molecule has 2 heterocycles. The van der Waals surface area contributed by atoms with Crippen LogP contribution in [0.25, 0.3) is 11.5 Å². The normalized spacial score (nSPS) is 11.2. The van der Waals surface area contributed by atoms with Crippen LogP contribution in [-0.4, -0.2) is 28.7 Å². The summed E-state index contributed by atoms with van der Waals surface area (Å²) in [6.45, 7) is 4.16. The first kappa shape index (κ1) is 11.0. The van der Waals surface area contributed by atoms with Gasteiger partial charge in [-0.25, -0.2) is 0 Å². The fourth-order valence-electron chi connectivity index (χ4n) is 1.81. The molecule has 0 aliphatic rings. The second kappa shape index (κ2) is 4.99. The fourth-order valence-corrected chi connectivity index (χ4v) is 1.81. The highest BCUT2D eigenvalue weighted by Crippen LogP contribution is 2.22. The molecule has 0 aliphatic carbocycles. The van der Waals surface area contributed by atoms with Gasteiger partial charge in [0.2, 0.25) is 0 Å². The lowest BCUT2D eigenvalue weighted by Gasteiger charge is -2.14. The van der Waals surface area contributed by atoms with E-state index < -0.39 is 0 Å². The number of H-pyrrole nitrogens is 1. The van der Waals surface area contributed by atoms with Gasteiger partial charge in [-0.05, 0) is 32.1 Å². The Balaban J connectivity index is 2.14. The van der Waals surface area contributed by atoms with E-state index in [0.29, 0.717) is 0 Å². The number of rotatable bonds is 5. The summed E-state index contributed by atoms with van der Waals surface area (Å²) >= 11 is 0. The molecule has 2 rings (SSSR count). The van der Waals surface area contributed by atoms with Gasteiger partial charge < -0.3 is 9.32 Å². The molecule has 4 nitrogen and oxygen atoms in total. The maximum Gasteiger partial charge on any atom is 0.154 e. The van der Waals surface area contributed by atoms with Crippen LogP contribution in [0, 0.1) is 0 Å². The third kappa shape index (κ3) is 2.33. The highest BCUT2D eigenvalue weighted by molar-refractivity contribution is 5.55. The second-order valence-corrected chi connectivity index (χ2v) is 3.97. The summed E-state index contributed by atoms with van der Waals surface area (Å²) in [6, 6.07) is 3.81. The Bertz CT molecular complexity index is 419. The average Bonchev–Trinajstić information content (AvgIpc) is 2.86. The average molecular weight is 219 g/mol. The second-order valence-electron chi connectivity index (χ2n) is 3.97. The van der Waals surface area contributed by atoms with E-state index in [1.165, 1.54) is 5.56 Å². The predicted molar refractivity (Wildman–Crippen MR) is 62.9 cm³/mol. The zero-order valence-corrected chi connectivity index (χ0v) is 9.73. The number of furan rings is 1. The molecule has 0 atom stereocenters. The van der Waals surface area contributed by atoms with Gasteiger partial charge in [-0.2, -0.15) is 5.10 Å². The van der Waals surface area contributed by atoms with E-state index in [4.69, 9.17) is 4.42 Å². The summed E-state index contributed by atoms with van der Waals surface area (Å²) in [5.41, 5.74) is 2.08. The van der Waals surface area contributed by atoms with E-state index in [1.54, 1.807) is 6.26 Å². The van der Waals surface area contributed by atoms with Crippen molar-refractivity contribution in [1.82, 2.24) is 15.1 Å². The Morgan fingerprint density at radius 3 is 3.06 bits per heavy atom. The van der Waals surface area contributed by atoms with Crippen LogP contribution < -0.4 is 0 Å². The number of nitrogens with one attached hydrogen (secondary N) is 1. The zero-order chi connectivity index (χ0) is 11.4. The fraction of sp³-hybridized carbons (Fsp3) is 0.417. The van der Waals surface area contributed by atoms with Crippen molar-refractivity contribution in [3.05, 3.63) is 30.2 Å². The Kier molecular flexibility index (Phi) is 3.41. The quantitative estimate of drug-likeness (QED) is 0.840. The summed E-state index contributed by atoms with van der Waals surface area (Å²) in [7, 11) is 2.11. The maximum absolute atomic E-state index is 5.36. The molecule has 0 amide bonds. The topological polar surface area (TPSA) is 45.1 Å². The van der Waals surface area contributed by atoms with Crippen LogP contribution in [-0.2, 0) is 6.54 Å². The van der Waals surface area contributed by atoms with Crippen LogP contribution in [0.1, 0.15) is 18.9 Å². The molecule has 2 aromatic rings. The van der Waals surface area contributed by atoms with Crippen molar-refractivity contribution in [2.45, 2.75) is 19.9 Å². The summed E-state index contributed by atoms with van der Waals surface area (Å²) in [5.74, 6) is 0.821. The van der Waals surface area contributed by atoms with Crippen molar-refractivity contribution in [2.75, 3.05) is 13.6 Å². The first-order valence-corrected chi connectivity index (χ1v) is 5.56. The standard InChI is InChI=1S/C12H17N3O/c1-3-6-15(2)9-10-8-13-14-12(10)11-5-4-7-16-11/h4-5,7-8H,3,6,9H2,1-2H3,(H,13,14). The van der Waals surface area contributed by atoms with E-state index in [-0.39, 0.29) is 0 Å². The largest absolute Gasteiger partial charge is 0.463 e. The molecule has 86 valence electrons. The summed E-state index contributed by atoms with van der Waals surface area (Å²) < 4.78 is 5.36. The van der Waals surface area contributed by atoms with Crippen LogP contribution in [0.4, 0.5) is 0 Å². The Labute approximate surface area is 95.3 Å². The molecule has 1 N–H and O–H groups in total. The summed E-state index contributed by atoms with van der Waals surface area (Å²) in [6.07, 6.45) is 4.76. The van der Waals surface area contributed by atoms with Crippen molar-refractivity contribution in [2.24, 2.45) is 0 Å². The molecule has 4 heteroatoms. The molecule has 0 spiro atoms. The molecule has 0 unspecified atom stereocenters. The van der Waals surface area contributed by atoms with E-state index in [2.05, 4.69) is 29.1 Å². The lowest BCUT2D eigenvalue weighted by molar-refractivity contribution is 0.328. The summed E-state index contributed by atoms with van der Waals surface area (Å²) in [4.78, 5) is 2.28. The third-order valence-corrected chi connectivity index (χ3v) is 2.52. The van der Waals surface area contributed by atoms with Crippen LogP contribution in [0.5, 0.6) is 0 Å². The van der Waals surface area contributed by atoms with Crippen LogP contribution in [0.3, 0.4) is 0 Å². The number of hydrogen-bond donors (Lipinski definition) is 1. The lowest BCUT2D eigenvalue weighted by atomic mass is 10.2. The monoisotopic (exact) mass is 219 g/mol. The smallest absolute Gasteiger partial charge is 0.154 e. The Morgan fingerprint density at radius 2 is 2.38 bits per heavy atom. The SMILES string of the molecule is CCCN(C)Cc1c[nH]nc1-c1ccco1. The van der Waals surface area contributed by atoms with Gasteiger partial charge in [0.05, 0.1) is 6.26 Å². The number of aromatic nitrogens is 2. The minimum atomic E-state index is 0.821. The Hall–Kier alpha value is -1.55. The van der Waals surface area contributed by atoms with Crippen molar-refractivity contribution in [3.63, 3.8) is 0 Å². The zero-order valence-electron chi connectivity index (χ0n) is 9.73. The molecule has 0 saturated carbocycles. The van der Waals surface area contributed by atoms with E-state index >= 15 is 0 Å². The lowest BCUT2D eigenvalue weighted by Crippen LogP contribution is -2.18. The molecule has 0 aliphatic heterocycles. The minimum absolute atomic E-state index is 0.821. The molecule has 0 bridgehead atoms. The van der Waals surface area contributed by atoms with Gasteiger partial charge in [-0.3, -0.25) is 5.10 Å². The first-order chi connectivity index (χ1) is 7.81. The molecular weight excluding hydrogens is 202 g/mol. The van der Waals surface area contributed by atoms with Gasteiger partial charge in [0.25, 0.3) is 0 Å². The van der Waals surface area contributed by atoms with Crippen LogP contribution in [0.15, 0.2) is 29.0 Å². The van der Waals surface area contributed by atoms with Gasteiger partial charge in [0.1, 0.15) is 5.69 Å². The van der Waals surface area contributed by atoms with Crippen molar-refractivity contribution >= 4 is 0 Å². The van der Waals surface area contributed by atoms with Crippen molar-refractivity contribution in [1.29, 1.82) is 0 Å². The first-order valence-electron chi connectivity index (χ1n) is 5.56. The third-order valence-electron chi connectivity index (χ3n) is 2.52. The van der Waals surface area contributed by atoms with Gasteiger partial charge >= 0.3 is 0 Å². The molecule has 0 saturated heterocycles. The van der Waals surface area contributed by atoms with Gasteiger partial charge in [-0.1, -0.05) is 6.92 Å².